The number of nitrogens with zero attached hydrogens (tertiary/aromatic N) is 4. The van der Waals surface area contributed by atoms with Crippen molar-refractivity contribution in [2.45, 2.75) is 58.6 Å². The number of hydrogen-bond donors (Lipinski definition) is 1. The van der Waals surface area contributed by atoms with Gasteiger partial charge in [0.15, 0.2) is 5.82 Å². The van der Waals surface area contributed by atoms with Crippen LogP contribution in [0.3, 0.4) is 0 Å². The van der Waals surface area contributed by atoms with Crippen LogP contribution in [0, 0.1) is 12.8 Å². The van der Waals surface area contributed by atoms with E-state index in [2.05, 4.69) is 25.5 Å². The number of anilines is 1. The molecule has 7 heteroatoms. The fourth-order valence-corrected chi connectivity index (χ4v) is 2.99. The number of rotatable bonds is 6. The maximum absolute atomic E-state index is 5.71. The number of nitrogens with one attached hydrogen (secondary N) is 1. The van der Waals surface area contributed by atoms with Gasteiger partial charge in [-0.1, -0.05) is 0 Å². The van der Waals surface area contributed by atoms with Crippen molar-refractivity contribution in [2.75, 3.05) is 5.32 Å². The molecule has 1 aliphatic rings. The van der Waals surface area contributed by atoms with Crippen molar-refractivity contribution in [3.8, 4) is 5.88 Å². The molecule has 0 spiro atoms. The van der Waals surface area contributed by atoms with Crippen LogP contribution in [0.2, 0.25) is 0 Å². The zero-order chi connectivity index (χ0) is 16.2. The van der Waals surface area contributed by atoms with Crippen molar-refractivity contribution in [1.82, 2.24) is 20.2 Å². The maximum atomic E-state index is 5.71. The average Bonchev–Trinajstić information content (AvgIpc) is 3.10. The highest BCUT2D eigenvalue weighted by Crippen LogP contribution is 2.31. The quantitative estimate of drug-likeness (QED) is 0.876. The van der Waals surface area contributed by atoms with Crippen molar-refractivity contribution in [2.24, 2.45) is 5.92 Å². The Bertz CT molecular complexity index is 643. The summed E-state index contributed by atoms with van der Waals surface area (Å²) in [6.07, 6.45) is 7.54. The molecule has 0 aromatic carbocycles. The summed E-state index contributed by atoms with van der Waals surface area (Å²) in [5.41, 5.74) is 0. The summed E-state index contributed by atoms with van der Waals surface area (Å²) in [7, 11) is 0. The molecule has 0 unspecified atom stereocenters. The van der Waals surface area contributed by atoms with Gasteiger partial charge in [0.1, 0.15) is 0 Å². The lowest BCUT2D eigenvalue weighted by molar-refractivity contribution is 0.233. The summed E-state index contributed by atoms with van der Waals surface area (Å²) in [4.78, 5) is 8.64. The average molecular weight is 317 g/mol. The van der Waals surface area contributed by atoms with Gasteiger partial charge in [0.2, 0.25) is 11.8 Å². The fourth-order valence-electron chi connectivity index (χ4n) is 2.99. The van der Waals surface area contributed by atoms with Crippen molar-refractivity contribution in [3.63, 3.8) is 0 Å². The second kappa shape index (κ2) is 6.93. The van der Waals surface area contributed by atoms with Gasteiger partial charge >= 0.3 is 0 Å². The first-order valence-corrected chi connectivity index (χ1v) is 8.13. The van der Waals surface area contributed by atoms with Crippen molar-refractivity contribution >= 4 is 5.82 Å². The molecule has 1 aliphatic carbocycles. The minimum absolute atomic E-state index is 0.0735. The van der Waals surface area contributed by atoms with E-state index in [9.17, 15) is 0 Å². The van der Waals surface area contributed by atoms with E-state index in [1.54, 1.807) is 12.4 Å². The first-order valence-electron chi connectivity index (χ1n) is 8.13. The molecule has 23 heavy (non-hydrogen) atoms. The minimum atomic E-state index is 0.0735. The molecule has 0 saturated heterocycles. The van der Waals surface area contributed by atoms with Crippen LogP contribution >= 0.6 is 0 Å². The van der Waals surface area contributed by atoms with Gasteiger partial charge in [-0.2, -0.15) is 0 Å². The van der Waals surface area contributed by atoms with Crippen molar-refractivity contribution < 1.29 is 9.15 Å². The standard InChI is InChI=1S/C16H23N5O2/c1-10(2)22-16-15(17-6-7-18-16)19-13-5-4-12(8-13)9-14-21-20-11(3)23-14/h6-7,10,12-13H,4-5,8-9H2,1-3H3,(H,17,19)/t12-,13+/m1/s1. The molecule has 0 radical (unpaired) electrons. The van der Waals surface area contributed by atoms with Crippen LogP contribution < -0.4 is 10.1 Å². The molecule has 2 heterocycles. The van der Waals surface area contributed by atoms with Gasteiger partial charge in [-0.25, -0.2) is 9.97 Å². The fraction of sp³-hybridized carbons (Fsp3) is 0.625. The van der Waals surface area contributed by atoms with Crippen LogP contribution in [0.5, 0.6) is 5.88 Å². The molecule has 2 atom stereocenters. The van der Waals surface area contributed by atoms with Crippen molar-refractivity contribution in [1.29, 1.82) is 0 Å². The Hall–Kier alpha value is -2.18. The summed E-state index contributed by atoms with van der Waals surface area (Å²) < 4.78 is 11.2. The van der Waals surface area contributed by atoms with Gasteiger partial charge < -0.3 is 14.5 Å². The number of aryl methyl sites for hydroxylation is 1. The zero-order valence-corrected chi connectivity index (χ0v) is 13.8. The van der Waals surface area contributed by atoms with E-state index >= 15 is 0 Å². The van der Waals surface area contributed by atoms with Crippen LogP contribution in [0.15, 0.2) is 16.8 Å². The van der Waals surface area contributed by atoms with Crippen LogP contribution in [-0.4, -0.2) is 32.3 Å². The Morgan fingerprint density at radius 2 is 2.09 bits per heavy atom. The Kier molecular flexibility index (Phi) is 4.73. The van der Waals surface area contributed by atoms with E-state index in [0.717, 1.165) is 37.4 Å². The van der Waals surface area contributed by atoms with E-state index in [1.165, 1.54) is 0 Å². The Morgan fingerprint density at radius 1 is 1.26 bits per heavy atom. The summed E-state index contributed by atoms with van der Waals surface area (Å²) in [6, 6.07) is 0.371. The monoisotopic (exact) mass is 317 g/mol. The number of hydrogen-bond acceptors (Lipinski definition) is 7. The smallest absolute Gasteiger partial charge is 0.257 e. The first kappa shape index (κ1) is 15.7. The Morgan fingerprint density at radius 3 is 2.83 bits per heavy atom. The Labute approximate surface area is 135 Å². The predicted octanol–water partition coefficient (Wildman–Crippen LogP) is 2.78. The molecule has 1 N–H and O–H groups in total. The zero-order valence-electron chi connectivity index (χ0n) is 13.8. The largest absolute Gasteiger partial charge is 0.472 e. The lowest BCUT2D eigenvalue weighted by Crippen LogP contribution is -2.19. The van der Waals surface area contributed by atoms with Crippen LogP contribution in [0.25, 0.3) is 0 Å². The first-order chi connectivity index (χ1) is 11.1. The molecule has 0 aliphatic heterocycles. The molecule has 0 bridgehead atoms. The van der Waals surface area contributed by atoms with Gasteiger partial charge in [0.05, 0.1) is 6.10 Å². The molecular formula is C16H23N5O2. The maximum Gasteiger partial charge on any atom is 0.257 e. The third kappa shape index (κ3) is 4.18. The molecule has 1 saturated carbocycles. The van der Waals surface area contributed by atoms with E-state index in [0.29, 0.717) is 23.7 Å². The van der Waals surface area contributed by atoms with Gasteiger partial charge in [-0.15, -0.1) is 10.2 Å². The molecule has 7 nitrogen and oxygen atoms in total. The van der Waals surface area contributed by atoms with E-state index in [1.807, 2.05) is 20.8 Å². The second-order valence-electron chi connectivity index (χ2n) is 6.32. The van der Waals surface area contributed by atoms with Gasteiger partial charge in [0.25, 0.3) is 5.88 Å². The SMILES string of the molecule is Cc1nnc(C[C@@H]2CC[C@H](Nc3nccnc3OC(C)C)C2)o1. The van der Waals surface area contributed by atoms with Gasteiger partial charge in [0, 0.05) is 31.8 Å². The normalized spacial score (nSPS) is 20.9. The van der Waals surface area contributed by atoms with Crippen molar-refractivity contribution in [3.05, 3.63) is 24.2 Å². The lowest BCUT2D eigenvalue weighted by Gasteiger charge is -2.17. The molecule has 0 amide bonds. The molecule has 2 aromatic heterocycles. The highest BCUT2D eigenvalue weighted by molar-refractivity contribution is 5.45. The summed E-state index contributed by atoms with van der Waals surface area (Å²) in [6.45, 7) is 5.78. The minimum Gasteiger partial charge on any atom is -0.472 e. The molecular weight excluding hydrogens is 294 g/mol. The predicted molar refractivity (Wildman–Crippen MR) is 85.3 cm³/mol. The van der Waals surface area contributed by atoms with E-state index in [4.69, 9.17) is 9.15 Å². The summed E-state index contributed by atoms with van der Waals surface area (Å²) >= 11 is 0. The highest BCUT2D eigenvalue weighted by Gasteiger charge is 2.27. The van der Waals surface area contributed by atoms with Crippen LogP contribution in [0.1, 0.15) is 44.9 Å². The van der Waals surface area contributed by atoms with Crippen LogP contribution in [-0.2, 0) is 6.42 Å². The molecule has 3 rings (SSSR count). The Balaban J connectivity index is 1.57. The van der Waals surface area contributed by atoms with Gasteiger partial charge in [-0.05, 0) is 39.0 Å². The topological polar surface area (TPSA) is 86.0 Å². The highest BCUT2D eigenvalue weighted by atomic mass is 16.5. The molecule has 1 fully saturated rings. The van der Waals surface area contributed by atoms with Gasteiger partial charge in [-0.3, -0.25) is 0 Å². The van der Waals surface area contributed by atoms with E-state index in [-0.39, 0.29) is 6.10 Å². The molecule has 2 aromatic rings. The summed E-state index contributed by atoms with van der Waals surface area (Å²) in [5, 5.41) is 11.4. The molecule has 124 valence electrons. The van der Waals surface area contributed by atoms with Crippen LogP contribution in [0.4, 0.5) is 5.82 Å². The lowest BCUT2D eigenvalue weighted by atomic mass is 10.0. The third-order valence-electron chi connectivity index (χ3n) is 3.93. The second-order valence-corrected chi connectivity index (χ2v) is 6.32. The number of aromatic nitrogens is 4. The summed E-state index contributed by atoms with van der Waals surface area (Å²) in [5.74, 6) is 3.21. The third-order valence-corrected chi connectivity index (χ3v) is 3.93. The number of ether oxygens (including phenoxy) is 1. The van der Waals surface area contributed by atoms with E-state index < -0.39 is 0 Å².